The standard InChI is InChI=1S/C21H28ClN3O2/c1-3-5-6-11-25-20(26)18(16-7-9-17(22)10-8-16)19(21(25)27)24-14-12-23(4-2)13-15-24/h7-10H,3-6,11-15H2,1-2H3. The predicted molar refractivity (Wildman–Crippen MR) is 108 cm³/mol. The van der Waals surface area contributed by atoms with E-state index in [-0.39, 0.29) is 11.8 Å². The van der Waals surface area contributed by atoms with Crippen molar-refractivity contribution in [3.8, 4) is 0 Å². The summed E-state index contributed by atoms with van der Waals surface area (Å²) >= 11 is 6.02. The first kappa shape index (κ1) is 19.9. The molecule has 2 heterocycles. The normalized spacial score (nSPS) is 18.8. The molecule has 0 N–H and O–H groups in total. The first-order valence-corrected chi connectivity index (χ1v) is 10.3. The van der Waals surface area contributed by atoms with Gasteiger partial charge in [-0.2, -0.15) is 0 Å². The highest BCUT2D eigenvalue weighted by molar-refractivity contribution is 6.36. The van der Waals surface area contributed by atoms with Gasteiger partial charge in [0, 0.05) is 37.7 Å². The van der Waals surface area contributed by atoms with E-state index in [0.29, 0.717) is 22.8 Å². The molecule has 0 saturated carbocycles. The van der Waals surface area contributed by atoms with Crippen molar-refractivity contribution in [3.63, 3.8) is 0 Å². The highest BCUT2D eigenvalue weighted by Gasteiger charge is 2.41. The van der Waals surface area contributed by atoms with Gasteiger partial charge in [-0.25, -0.2) is 0 Å². The van der Waals surface area contributed by atoms with Gasteiger partial charge in [0.1, 0.15) is 5.70 Å². The van der Waals surface area contributed by atoms with Gasteiger partial charge < -0.3 is 9.80 Å². The van der Waals surface area contributed by atoms with E-state index >= 15 is 0 Å². The average molecular weight is 390 g/mol. The molecule has 2 amide bonds. The zero-order valence-corrected chi connectivity index (χ0v) is 17.0. The molecule has 1 aromatic carbocycles. The summed E-state index contributed by atoms with van der Waals surface area (Å²) in [6.45, 7) is 9.10. The Morgan fingerprint density at radius 1 is 0.926 bits per heavy atom. The molecule has 1 aromatic rings. The van der Waals surface area contributed by atoms with Crippen LogP contribution in [0.5, 0.6) is 0 Å². The molecule has 1 fully saturated rings. The number of nitrogens with zero attached hydrogens (tertiary/aromatic N) is 3. The molecule has 146 valence electrons. The zero-order valence-electron chi connectivity index (χ0n) is 16.2. The molecule has 1 saturated heterocycles. The van der Waals surface area contributed by atoms with Gasteiger partial charge in [0.2, 0.25) is 0 Å². The molecule has 0 spiro atoms. The highest BCUT2D eigenvalue weighted by atomic mass is 35.5. The summed E-state index contributed by atoms with van der Waals surface area (Å²) in [6.07, 6.45) is 2.91. The minimum atomic E-state index is -0.175. The summed E-state index contributed by atoms with van der Waals surface area (Å²) in [4.78, 5) is 32.2. The Balaban J connectivity index is 1.92. The Bertz CT molecular complexity index is 721. The molecule has 2 aliphatic heterocycles. The van der Waals surface area contributed by atoms with Crippen molar-refractivity contribution in [3.05, 3.63) is 40.5 Å². The number of likely N-dealkylation sites (N-methyl/N-ethyl adjacent to an activating group) is 1. The fraction of sp³-hybridized carbons (Fsp3) is 0.524. The van der Waals surface area contributed by atoms with Crippen LogP contribution >= 0.6 is 11.6 Å². The van der Waals surface area contributed by atoms with Crippen molar-refractivity contribution in [2.45, 2.75) is 33.1 Å². The van der Waals surface area contributed by atoms with Crippen molar-refractivity contribution < 1.29 is 9.59 Å². The molecule has 3 rings (SSSR count). The number of piperazine rings is 1. The second-order valence-electron chi connectivity index (χ2n) is 7.12. The lowest BCUT2D eigenvalue weighted by Gasteiger charge is -2.36. The Kier molecular flexibility index (Phi) is 6.55. The van der Waals surface area contributed by atoms with Gasteiger partial charge in [-0.3, -0.25) is 14.5 Å². The molecular weight excluding hydrogens is 362 g/mol. The quantitative estimate of drug-likeness (QED) is 0.530. The number of hydrogen-bond donors (Lipinski definition) is 0. The number of halogens is 1. The second-order valence-corrected chi connectivity index (χ2v) is 7.56. The lowest BCUT2D eigenvalue weighted by Crippen LogP contribution is -2.47. The van der Waals surface area contributed by atoms with Gasteiger partial charge in [-0.1, -0.05) is 50.4 Å². The highest BCUT2D eigenvalue weighted by Crippen LogP contribution is 2.33. The van der Waals surface area contributed by atoms with Crippen molar-refractivity contribution in [2.75, 3.05) is 39.3 Å². The summed E-state index contributed by atoms with van der Waals surface area (Å²) in [5.41, 5.74) is 1.86. The molecule has 0 aromatic heterocycles. The maximum Gasteiger partial charge on any atom is 0.277 e. The molecule has 0 bridgehead atoms. The number of carbonyl (C=O) groups is 2. The Hall–Kier alpha value is -1.85. The van der Waals surface area contributed by atoms with Crippen LogP contribution in [-0.4, -0.2) is 65.8 Å². The summed E-state index contributed by atoms with van der Waals surface area (Å²) in [5.74, 6) is -0.322. The lowest BCUT2D eigenvalue weighted by atomic mass is 10.0. The number of unbranched alkanes of at least 4 members (excludes halogenated alkanes) is 2. The van der Waals surface area contributed by atoms with E-state index in [1.54, 1.807) is 12.1 Å². The van der Waals surface area contributed by atoms with Gasteiger partial charge in [-0.05, 0) is 30.7 Å². The van der Waals surface area contributed by atoms with Crippen LogP contribution in [0, 0.1) is 0 Å². The zero-order chi connectivity index (χ0) is 19.4. The Labute approximate surface area is 166 Å². The van der Waals surface area contributed by atoms with Gasteiger partial charge in [0.25, 0.3) is 11.8 Å². The van der Waals surface area contributed by atoms with Crippen LogP contribution < -0.4 is 0 Å². The van der Waals surface area contributed by atoms with Gasteiger partial charge in [-0.15, -0.1) is 0 Å². The van der Waals surface area contributed by atoms with Crippen LogP contribution in [0.25, 0.3) is 5.57 Å². The topological polar surface area (TPSA) is 43.9 Å². The molecule has 27 heavy (non-hydrogen) atoms. The summed E-state index contributed by atoms with van der Waals surface area (Å²) in [7, 11) is 0. The third-order valence-corrected chi connectivity index (χ3v) is 5.65. The van der Waals surface area contributed by atoms with Crippen LogP contribution in [0.3, 0.4) is 0 Å². The van der Waals surface area contributed by atoms with Crippen LogP contribution in [-0.2, 0) is 9.59 Å². The molecule has 0 aliphatic carbocycles. The fourth-order valence-corrected chi connectivity index (χ4v) is 3.87. The monoisotopic (exact) mass is 389 g/mol. The van der Waals surface area contributed by atoms with Crippen LogP contribution in [0.2, 0.25) is 5.02 Å². The molecule has 5 nitrogen and oxygen atoms in total. The molecular formula is C21H28ClN3O2. The third-order valence-electron chi connectivity index (χ3n) is 5.40. The first-order valence-electron chi connectivity index (χ1n) is 9.90. The maximum atomic E-state index is 13.2. The average Bonchev–Trinajstić information content (AvgIpc) is 2.93. The van der Waals surface area contributed by atoms with E-state index in [4.69, 9.17) is 11.6 Å². The maximum absolute atomic E-state index is 13.2. The van der Waals surface area contributed by atoms with E-state index in [1.165, 1.54) is 4.90 Å². The summed E-state index contributed by atoms with van der Waals surface area (Å²) < 4.78 is 0. The second kappa shape index (κ2) is 8.89. The van der Waals surface area contributed by atoms with Crippen LogP contribution in [0.15, 0.2) is 30.0 Å². The fourth-order valence-electron chi connectivity index (χ4n) is 3.74. The number of imide groups is 1. The molecule has 0 atom stereocenters. The van der Waals surface area contributed by atoms with E-state index < -0.39 is 0 Å². The van der Waals surface area contributed by atoms with E-state index in [9.17, 15) is 9.59 Å². The third kappa shape index (κ3) is 4.19. The van der Waals surface area contributed by atoms with Gasteiger partial charge >= 0.3 is 0 Å². The van der Waals surface area contributed by atoms with Crippen molar-refractivity contribution in [1.82, 2.24) is 14.7 Å². The lowest BCUT2D eigenvalue weighted by molar-refractivity contribution is -0.137. The van der Waals surface area contributed by atoms with E-state index in [0.717, 1.165) is 57.5 Å². The van der Waals surface area contributed by atoms with E-state index in [2.05, 4.69) is 23.6 Å². The smallest absolute Gasteiger partial charge is 0.277 e. The first-order chi connectivity index (χ1) is 13.1. The van der Waals surface area contributed by atoms with E-state index in [1.807, 2.05) is 12.1 Å². The number of rotatable bonds is 7. The SMILES string of the molecule is CCCCCN1C(=O)C(c2ccc(Cl)cc2)=C(N2CCN(CC)CC2)C1=O. The molecule has 0 radical (unpaired) electrons. The Morgan fingerprint density at radius 2 is 1.59 bits per heavy atom. The number of benzene rings is 1. The Morgan fingerprint density at radius 3 is 2.19 bits per heavy atom. The number of carbonyl (C=O) groups excluding carboxylic acids is 2. The van der Waals surface area contributed by atoms with Crippen molar-refractivity contribution in [1.29, 1.82) is 0 Å². The minimum absolute atomic E-state index is 0.147. The predicted octanol–water partition coefficient (Wildman–Crippen LogP) is 3.25. The van der Waals surface area contributed by atoms with Crippen molar-refractivity contribution in [2.24, 2.45) is 0 Å². The number of hydrogen-bond acceptors (Lipinski definition) is 4. The van der Waals surface area contributed by atoms with Crippen molar-refractivity contribution >= 4 is 29.0 Å². The molecule has 0 unspecified atom stereocenters. The van der Waals surface area contributed by atoms with Crippen LogP contribution in [0.4, 0.5) is 0 Å². The molecule has 6 heteroatoms. The van der Waals surface area contributed by atoms with Gasteiger partial charge in [0.05, 0.1) is 5.57 Å². The number of amides is 2. The van der Waals surface area contributed by atoms with Gasteiger partial charge in [0.15, 0.2) is 0 Å². The molecule has 2 aliphatic rings. The van der Waals surface area contributed by atoms with Crippen LogP contribution in [0.1, 0.15) is 38.7 Å². The largest absolute Gasteiger partial charge is 0.364 e. The summed E-state index contributed by atoms with van der Waals surface area (Å²) in [6, 6.07) is 7.21. The summed E-state index contributed by atoms with van der Waals surface area (Å²) in [5, 5.41) is 0.619. The minimum Gasteiger partial charge on any atom is -0.364 e.